The molecule has 0 amide bonds. The van der Waals surface area contributed by atoms with Crippen molar-refractivity contribution in [2.24, 2.45) is 0 Å². The van der Waals surface area contributed by atoms with Crippen molar-refractivity contribution in [3.8, 4) is 10.6 Å². The Hall–Kier alpha value is -1.47. The lowest BCUT2D eigenvalue weighted by atomic mass is 10.2. The van der Waals surface area contributed by atoms with Crippen LogP contribution in [0.3, 0.4) is 0 Å². The Balaban J connectivity index is 2.18. The highest BCUT2D eigenvalue weighted by Crippen LogP contribution is 2.33. The summed E-state index contributed by atoms with van der Waals surface area (Å²) < 4.78 is 2.78. The lowest BCUT2D eigenvalue weighted by molar-refractivity contribution is 0.727. The molecule has 0 aliphatic heterocycles. The summed E-state index contributed by atoms with van der Waals surface area (Å²) in [5.74, 6) is 1.16. The molecule has 2 N–H and O–H groups in total. The number of hydrogen-bond donors (Lipinski definition) is 1. The molecule has 3 aromatic rings. The molecule has 5 nitrogen and oxygen atoms in total. The van der Waals surface area contributed by atoms with Gasteiger partial charge in [0, 0.05) is 21.6 Å². The molecule has 2 heterocycles. The standard InChI is InChI=1S/C12H12BrN5S/c1-6(2)10-15-16-12-18(10)17-11(19-12)8-5-7(14)3-4-9(8)13/h3-6H,14H2,1-2H3. The van der Waals surface area contributed by atoms with E-state index in [-0.39, 0.29) is 5.92 Å². The normalized spacial score (nSPS) is 11.6. The van der Waals surface area contributed by atoms with Gasteiger partial charge in [0.15, 0.2) is 5.82 Å². The van der Waals surface area contributed by atoms with Gasteiger partial charge in [0.25, 0.3) is 0 Å². The zero-order chi connectivity index (χ0) is 13.6. The Kier molecular flexibility index (Phi) is 3.02. The topological polar surface area (TPSA) is 69.1 Å². The number of nitrogens with zero attached hydrogens (tertiary/aromatic N) is 4. The maximum absolute atomic E-state index is 5.83. The van der Waals surface area contributed by atoms with Crippen LogP contribution in [0.15, 0.2) is 22.7 Å². The molecule has 2 aromatic heterocycles. The highest BCUT2D eigenvalue weighted by atomic mass is 79.9. The molecular formula is C12H12BrN5S. The Bertz CT molecular complexity index is 746. The van der Waals surface area contributed by atoms with Crippen molar-refractivity contribution < 1.29 is 0 Å². The molecule has 0 unspecified atom stereocenters. The molecule has 0 saturated heterocycles. The molecule has 0 spiro atoms. The lowest BCUT2D eigenvalue weighted by Gasteiger charge is -2.02. The Morgan fingerprint density at radius 3 is 2.84 bits per heavy atom. The number of nitrogen functional groups attached to an aromatic ring is 1. The van der Waals surface area contributed by atoms with E-state index in [4.69, 9.17) is 5.73 Å². The second-order valence-corrected chi connectivity index (χ2v) is 6.36. The van der Waals surface area contributed by atoms with Crippen molar-refractivity contribution in [1.29, 1.82) is 0 Å². The first-order chi connectivity index (χ1) is 9.06. The van der Waals surface area contributed by atoms with E-state index in [2.05, 4.69) is 45.1 Å². The van der Waals surface area contributed by atoms with Crippen LogP contribution in [0.25, 0.3) is 15.5 Å². The second kappa shape index (κ2) is 4.57. The van der Waals surface area contributed by atoms with Gasteiger partial charge in [0.2, 0.25) is 4.96 Å². The summed E-state index contributed by atoms with van der Waals surface area (Å²) in [6.45, 7) is 4.15. The lowest BCUT2D eigenvalue weighted by Crippen LogP contribution is -1.98. The third-order valence-electron chi connectivity index (χ3n) is 2.75. The van der Waals surface area contributed by atoms with Crippen molar-refractivity contribution in [1.82, 2.24) is 19.8 Å². The van der Waals surface area contributed by atoms with E-state index in [1.165, 1.54) is 11.3 Å². The minimum absolute atomic E-state index is 0.286. The predicted octanol–water partition coefficient (Wildman–Crippen LogP) is 3.32. The molecule has 0 saturated carbocycles. The van der Waals surface area contributed by atoms with Crippen LogP contribution in [0.2, 0.25) is 0 Å². The van der Waals surface area contributed by atoms with Gasteiger partial charge < -0.3 is 5.73 Å². The van der Waals surface area contributed by atoms with Crippen LogP contribution in [0.5, 0.6) is 0 Å². The van der Waals surface area contributed by atoms with Crippen LogP contribution >= 0.6 is 27.3 Å². The average Bonchev–Trinajstić information content (AvgIpc) is 2.91. The van der Waals surface area contributed by atoms with Crippen LogP contribution in [-0.2, 0) is 0 Å². The van der Waals surface area contributed by atoms with Gasteiger partial charge in [0.1, 0.15) is 5.01 Å². The van der Waals surface area contributed by atoms with E-state index in [0.29, 0.717) is 5.69 Å². The largest absolute Gasteiger partial charge is 0.399 e. The number of halogens is 1. The maximum atomic E-state index is 5.83. The predicted molar refractivity (Wildman–Crippen MR) is 80.3 cm³/mol. The molecule has 0 fully saturated rings. The van der Waals surface area contributed by atoms with E-state index in [1.54, 1.807) is 4.52 Å². The van der Waals surface area contributed by atoms with Crippen molar-refractivity contribution in [2.75, 3.05) is 5.73 Å². The summed E-state index contributed by atoms with van der Waals surface area (Å²) in [6, 6.07) is 5.69. The smallest absolute Gasteiger partial charge is 0.234 e. The van der Waals surface area contributed by atoms with Crippen molar-refractivity contribution in [2.45, 2.75) is 19.8 Å². The minimum atomic E-state index is 0.286. The first-order valence-corrected chi connectivity index (χ1v) is 7.44. The molecule has 0 aliphatic rings. The molecule has 98 valence electrons. The van der Waals surface area contributed by atoms with Crippen molar-refractivity contribution in [3.05, 3.63) is 28.5 Å². The summed E-state index contributed by atoms with van der Waals surface area (Å²) in [5, 5.41) is 13.8. The first-order valence-electron chi connectivity index (χ1n) is 5.84. The molecule has 7 heteroatoms. The van der Waals surface area contributed by atoms with Gasteiger partial charge in [-0.2, -0.15) is 9.61 Å². The molecule has 0 atom stereocenters. The van der Waals surface area contributed by atoms with Gasteiger partial charge in [-0.3, -0.25) is 0 Å². The number of benzene rings is 1. The highest BCUT2D eigenvalue weighted by molar-refractivity contribution is 9.10. The van der Waals surface area contributed by atoms with Crippen molar-refractivity contribution in [3.63, 3.8) is 0 Å². The van der Waals surface area contributed by atoms with Gasteiger partial charge in [-0.1, -0.05) is 41.1 Å². The summed E-state index contributed by atoms with van der Waals surface area (Å²) in [6.07, 6.45) is 0. The monoisotopic (exact) mass is 337 g/mol. The fourth-order valence-electron chi connectivity index (χ4n) is 1.81. The van der Waals surface area contributed by atoms with Crippen LogP contribution in [0.4, 0.5) is 5.69 Å². The van der Waals surface area contributed by atoms with E-state index in [1.807, 2.05) is 18.2 Å². The van der Waals surface area contributed by atoms with Gasteiger partial charge in [-0.15, -0.1) is 10.2 Å². The number of anilines is 1. The quantitative estimate of drug-likeness (QED) is 0.728. The molecule has 3 rings (SSSR count). The molecule has 19 heavy (non-hydrogen) atoms. The second-order valence-electron chi connectivity index (χ2n) is 4.55. The van der Waals surface area contributed by atoms with Crippen LogP contribution < -0.4 is 5.73 Å². The minimum Gasteiger partial charge on any atom is -0.399 e. The molecular weight excluding hydrogens is 326 g/mol. The summed E-state index contributed by atoms with van der Waals surface area (Å²) >= 11 is 5.03. The number of fused-ring (bicyclic) bond motifs is 1. The van der Waals surface area contributed by atoms with Gasteiger partial charge in [0.05, 0.1) is 0 Å². The fraction of sp³-hybridized carbons (Fsp3) is 0.250. The SMILES string of the molecule is CC(C)c1nnc2sc(-c3cc(N)ccc3Br)nn12. The molecule has 1 aromatic carbocycles. The fourth-order valence-corrected chi connectivity index (χ4v) is 3.25. The van der Waals surface area contributed by atoms with Gasteiger partial charge in [-0.25, -0.2) is 0 Å². The van der Waals surface area contributed by atoms with E-state index in [9.17, 15) is 0 Å². The van der Waals surface area contributed by atoms with Gasteiger partial charge >= 0.3 is 0 Å². The summed E-state index contributed by atoms with van der Waals surface area (Å²) in [7, 11) is 0. The maximum Gasteiger partial charge on any atom is 0.234 e. The Morgan fingerprint density at radius 2 is 2.11 bits per heavy atom. The van der Waals surface area contributed by atoms with Crippen LogP contribution in [0.1, 0.15) is 25.6 Å². The third kappa shape index (κ3) is 2.12. The van der Waals surface area contributed by atoms with E-state index >= 15 is 0 Å². The van der Waals surface area contributed by atoms with E-state index in [0.717, 1.165) is 25.8 Å². The number of hydrogen-bond acceptors (Lipinski definition) is 5. The number of rotatable bonds is 2. The summed E-state index contributed by atoms with van der Waals surface area (Å²) in [5.41, 5.74) is 7.53. The summed E-state index contributed by atoms with van der Waals surface area (Å²) in [4.78, 5) is 0.799. The van der Waals surface area contributed by atoms with E-state index < -0.39 is 0 Å². The van der Waals surface area contributed by atoms with Crippen molar-refractivity contribution >= 4 is 37.9 Å². The molecule has 0 radical (unpaired) electrons. The van der Waals surface area contributed by atoms with Gasteiger partial charge in [-0.05, 0) is 18.2 Å². The average molecular weight is 338 g/mol. The Labute approximate surface area is 122 Å². The van der Waals surface area contributed by atoms with Crippen LogP contribution in [-0.4, -0.2) is 19.8 Å². The molecule has 0 aliphatic carbocycles. The Morgan fingerprint density at radius 1 is 1.32 bits per heavy atom. The zero-order valence-corrected chi connectivity index (χ0v) is 12.9. The number of aromatic nitrogens is 4. The zero-order valence-electron chi connectivity index (χ0n) is 10.5. The van der Waals surface area contributed by atoms with Crippen LogP contribution in [0, 0.1) is 0 Å². The molecule has 0 bridgehead atoms. The number of nitrogens with two attached hydrogens (primary N) is 1. The third-order valence-corrected chi connectivity index (χ3v) is 4.38. The first kappa shape index (κ1) is 12.6. The highest BCUT2D eigenvalue weighted by Gasteiger charge is 2.16.